The Hall–Kier alpha value is -2.91. The SMILES string of the molecule is CCOC(=O)c1c(N2C(=O)[C@H]3[C@@H](c4ccc(Cl)cc4Cl)N(c4ccccc4)O[C@H]3C2=O)sc(C)c1C. The Bertz CT molecular complexity index is 1380. The number of benzene rings is 2. The second kappa shape index (κ2) is 9.52. The van der Waals surface area contributed by atoms with E-state index in [1.807, 2.05) is 37.3 Å². The first-order valence-electron chi connectivity index (χ1n) is 11.4. The van der Waals surface area contributed by atoms with Gasteiger partial charge in [-0.2, -0.15) is 0 Å². The van der Waals surface area contributed by atoms with Crippen LogP contribution in [0.25, 0.3) is 0 Å². The number of carbonyl (C=O) groups excluding carboxylic acids is 3. The molecule has 36 heavy (non-hydrogen) atoms. The molecule has 3 heterocycles. The van der Waals surface area contributed by atoms with Crippen LogP contribution >= 0.6 is 34.5 Å². The van der Waals surface area contributed by atoms with Crippen LogP contribution in [0.5, 0.6) is 0 Å². The van der Waals surface area contributed by atoms with E-state index < -0.39 is 35.8 Å². The second-order valence-corrected chi connectivity index (χ2v) is 10.6. The Morgan fingerprint density at radius 1 is 1.08 bits per heavy atom. The Balaban J connectivity index is 1.62. The molecule has 2 amide bonds. The molecule has 2 fully saturated rings. The number of para-hydroxylation sites is 1. The highest BCUT2D eigenvalue weighted by Gasteiger charge is 2.61. The highest BCUT2D eigenvalue weighted by atomic mass is 35.5. The minimum Gasteiger partial charge on any atom is -0.462 e. The first-order valence-corrected chi connectivity index (χ1v) is 12.9. The number of hydrogen-bond acceptors (Lipinski definition) is 7. The maximum absolute atomic E-state index is 14.0. The minimum absolute atomic E-state index is 0.173. The molecular weight excluding hydrogens is 523 g/mol. The zero-order chi connectivity index (χ0) is 25.7. The lowest BCUT2D eigenvalue weighted by atomic mass is 9.90. The number of imide groups is 1. The summed E-state index contributed by atoms with van der Waals surface area (Å²) in [5, 5.41) is 2.62. The van der Waals surface area contributed by atoms with Gasteiger partial charge in [0.15, 0.2) is 6.10 Å². The number of amides is 2. The van der Waals surface area contributed by atoms with Gasteiger partial charge in [0.1, 0.15) is 10.9 Å². The van der Waals surface area contributed by atoms with Gasteiger partial charge in [0, 0.05) is 14.9 Å². The topological polar surface area (TPSA) is 76.2 Å². The molecule has 2 saturated heterocycles. The molecule has 0 unspecified atom stereocenters. The van der Waals surface area contributed by atoms with E-state index in [0.717, 1.165) is 9.78 Å². The average molecular weight is 545 g/mol. The molecular formula is C26H22Cl2N2O5S. The molecule has 7 nitrogen and oxygen atoms in total. The van der Waals surface area contributed by atoms with E-state index in [1.165, 1.54) is 11.3 Å². The van der Waals surface area contributed by atoms with Gasteiger partial charge >= 0.3 is 5.97 Å². The summed E-state index contributed by atoms with van der Waals surface area (Å²) in [6, 6.07) is 13.5. The standard InChI is InChI=1S/C26H22Cl2N2O5S/c1-4-34-26(33)19-13(2)14(3)36-25(19)29-23(31)20-21(17-11-10-15(27)12-18(17)28)30(35-22(20)24(29)32)16-8-6-5-7-9-16/h5-12,20-22H,4H2,1-3H3/t20-,21+,22+/m0/s1. The van der Waals surface area contributed by atoms with E-state index in [4.69, 9.17) is 32.8 Å². The summed E-state index contributed by atoms with van der Waals surface area (Å²) in [7, 11) is 0. The number of hydroxylamine groups is 1. The molecule has 3 aromatic rings. The number of halogens is 2. The van der Waals surface area contributed by atoms with Gasteiger partial charge in [0.05, 0.1) is 23.9 Å². The van der Waals surface area contributed by atoms with Crippen molar-refractivity contribution in [2.75, 3.05) is 16.6 Å². The number of esters is 1. The van der Waals surface area contributed by atoms with E-state index in [0.29, 0.717) is 26.9 Å². The summed E-state index contributed by atoms with van der Waals surface area (Å²) in [6.45, 7) is 5.49. The van der Waals surface area contributed by atoms with Crippen molar-refractivity contribution in [2.45, 2.75) is 32.9 Å². The fourth-order valence-corrected chi connectivity index (χ4v) is 6.36. The number of nitrogens with zero attached hydrogens (tertiary/aromatic N) is 2. The monoisotopic (exact) mass is 544 g/mol. The number of aryl methyl sites for hydroxylation is 1. The lowest BCUT2D eigenvalue weighted by molar-refractivity contribution is -0.126. The molecule has 5 rings (SSSR count). The molecule has 1 aromatic heterocycles. The number of thiophene rings is 1. The van der Waals surface area contributed by atoms with Crippen LogP contribution in [0.4, 0.5) is 10.7 Å². The Morgan fingerprint density at radius 2 is 1.81 bits per heavy atom. The molecule has 2 aliphatic heterocycles. The van der Waals surface area contributed by atoms with E-state index >= 15 is 0 Å². The predicted molar refractivity (Wildman–Crippen MR) is 139 cm³/mol. The molecule has 0 aliphatic carbocycles. The van der Waals surface area contributed by atoms with Gasteiger partial charge in [-0.15, -0.1) is 11.3 Å². The van der Waals surface area contributed by atoms with Crippen LogP contribution in [0.1, 0.15) is 39.3 Å². The Kier molecular flexibility index (Phi) is 6.55. The third-order valence-corrected chi connectivity index (χ3v) is 8.21. The predicted octanol–water partition coefficient (Wildman–Crippen LogP) is 5.90. The van der Waals surface area contributed by atoms with Crippen molar-refractivity contribution < 1.29 is 24.0 Å². The van der Waals surface area contributed by atoms with Gasteiger partial charge in [-0.1, -0.05) is 47.5 Å². The maximum Gasteiger partial charge on any atom is 0.341 e. The zero-order valence-corrected chi connectivity index (χ0v) is 22.0. The van der Waals surface area contributed by atoms with Crippen LogP contribution in [0.3, 0.4) is 0 Å². The van der Waals surface area contributed by atoms with E-state index in [1.54, 1.807) is 37.1 Å². The van der Waals surface area contributed by atoms with Gasteiger partial charge < -0.3 is 4.74 Å². The second-order valence-electron chi connectivity index (χ2n) is 8.52. The van der Waals surface area contributed by atoms with E-state index in [2.05, 4.69) is 0 Å². The van der Waals surface area contributed by atoms with Crippen LogP contribution in [0.2, 0.25) is 10.0 Å². The summed E-state index contributed by atoms with van der Waals surface area (Å²) in [6.07, 6.45) is -1.09. The first kappa shape index (κ1) is 24.8. The van der Waals surface area contributed by atoms with E-state index in [9.17, 15) is 14.4 Å². The van der Waals surface area contributed by atoms with Gasteiger partial charge in [0.25, 0.3) is 5.91 Å². The molecule has 0 radical (unpaired) electrons. The third kappa shape index (κ3) is 3.89. The van der Waals surface area contributed by atoms with Crippen molar-refractivity contribution in [3.63, 3.8) is 0 Å². The van der Waals surface area contributed by atoms with Crippen molar-refractivity contribution in [2.24, 2.45) is 5.92 Å². The average Bonchev–Trinajstić information content (AvgIpc) is 3.45. The maximum atomic E-state index is 14.0. The van der Waals surface area contributed by atoms with Crippen LogP contribution in [0, 0.1) is 19.8 Å². The van der Waals surface area contributed by atoms with Crippen LogP contribution < -0.4 is 9.96 Å². The van der Waals surface area contributed by atoms with Crippen molar-refractivity contribution in [3.8, 4) is 0 Å². The Labute approximate surface area is 222 Å². The molecule has 10 heteroatoms. The zero-order valence-electron chi connectivity index (χ0n) is 19.7. The number of anilines is 2. The lowest BCUT2D eigenvalue weighted by Gasteiger charge is -2.29. The van der Waals surface area contributed by atoms with Crippen LogP contribution in [-0.2, 0) is 19.2 Å². The highest BCUT2D eigenvalue weighted by molar-refractivity contribution is 7.17. The summed E-state index contributed by atoms with van der Waals surface area (Å²) in [5.74, 6) is -2.47. The fraction of sp³-hybridized carbons (Fsp3) is 0.269. The van der Waals surface area contributed by atoms with Crippen molar-refractivity contribution in [3.05, 3.63) is 80.1 Å². The van der Waals surface area contributed by atoms with Crippen molar-refractivity contribution in [1.82, 2.24) is 0 Å². The lowest BCUT2D eigenvalue weighted by Crippen LogP contribution is -2.37. The fourth-order valence-electron chi connectivity index (χ4n) is 4.68. The third-order valence-electron chi connectivity index (χ3n) is 6.46. The molecule has 186 valence electrons. The summed E-state index contributed by atoms with van der Waals surface area (Å²) in [5.41, 5.74) is 2.17. The number of hydrogen-bond donors (Lipinski definition) is 0. The molecule has 2 aromatic carbocycles. The number of carbonyl (C=O) groups is 3. The van der Waals surface area contributed by atoms with Gasteiger partial charge in [-0.25, -0.2) is 14.8 Å². The highest BCUT2D eigenvalue weighted by Crippen LogP contribution is 2.50. The number of ether oxygens (including phenoxy) is 1. The largest absolute Gasteiger partial charge is 0.462 e. The van der Waals surface area contributed by atoms with Crippen LogP contribution in [-0.4, -0.2) is 30.5 Å². The van der Waals surface area contributed by atoms with Gasteiger partial charge in [0.2, 0.25) is 5.91 Å². The van der Waals surface area contributed by atoms with E-state index in [-0.39, 0.29) is 17.2 Å². The number of rotatable bonds is 5. The molecule has 0 bridgehead atoms. The summed E-state index contributed by atoms with van der Waals surface area (Å²) in [4.78, 5) is 48.5. The van der Waals surface area contributed by atoms with Crippen molar-refractivity contribution in [1.29, 1.82) is 0 Å². The van der Waals surface area contributed by atoms with Crippen molar-refractivity contribution >= 4 is 63.0 Å². The Morgan fingerprint density at radius 3 is 2.47 bits per heavy atom. The summed E-state index contributed by atoms with van der Waals surface area (Å²) >= 11 is 13.9. The molecule has 3 atom stereocenters. The smallest absolute Gasteiger partial charge is 0.341 e. The summed E-state index contributed by atoms with van der Waals surface area (Å²) < 4.78 is 5.23. The van der Waals surface area contributed by atoms with Gasteiger partial charge in [-0.05, 0) is 56.2 Å². The van der Waals surface area contributed by atoms with Gasteiger partial charge in [-0.3, -0.25) is 14.4 Å². The molecule has 0 saturated carbocycles. The molecule has 0 N–H and O–H groups in total. The first-order chi connectivity index (χ1) is 17.2. The van der Waals surface area contributed by atoms with Crippen LogP contribution in [0.15, 0.2) is 48.5 Å². The molecule has 0 spiro atoms. The number of fused-ring (bicyclic) bond motifs is 1. The quantitative estimate of drug-likeness (QED) is 0.294. The molecule has 2 aliphatic rings. The minimum atomic E-state index is -1.09. The normalized spacial score (nSPS) is 21.3.